The number of aromatic hydroxyl groups is 1. The van der Waals surface area contributed by atoms with Gasteiger partial charge in [-0.15, -0.1) is 0 Å². The monoisotopic (exact) mass is 307 g/mol. The fraction of sp³-hybridized carbons (Fsp3) is 0.429. The van der Waals surface area contributed by atoms with Crippen molar-refractivity contribution < 1.29 is 5.11 Å². The van der Waals surface area contributed by atoms with Crippen molar-refractivity contribution >= 4 is 0 Å². The number of hydrogen-bond donors (Lipinski definition) is 1. The molecule has 3 atom stereocenters. The number of hydrogen-bond acceptors (Lipinski definition) is 2. The molecule has 2 nitrogen and oxygen atoms in total. The Morgan fingerprint density at radius 1 is 0.870 bits per heavy atom. The highest BCUT2D eigenvalue weighted by Gasteiger charge is 2.40. The molecule has 1 saturated heterocycles. The molecule has 1 saturated carbocycles. The molecule has 0 amide bonds. The Kier molecular flexibility index (Phi) is 4.09. The highest BCUT2D eigenvalue weighted by atomic mass is 16.3. The number of nitrogens with zero attached hydrogens (tertiary/aromatic N) is 1. The van der Waals surface area contributed by atoms with Gasteiger partial charge in [0.25, 0.3) is 0 Å². The molecular weight excluding hydrogens is 282 g/mol. The van der Waals surface area contributed by atoms with Crippen molar-refractivity contribution in [2.45, 2.75) is 25.2 Å². The van der Waals surface area contributed by atoms with Gasteiger partial charge in [0, 0.05) is 19.6 Å². The highest BCUT2D eigenvalue weighted by Crippen LogP contribution is 2.46. The standard InChI is InChI=1S/C21H25NO/c23-21-8-6-16(7-9-21)10-11-22-14-19-12-18(13-20(19)15-22)17-4-2-1-3-5-17/h1-9,18-20,23H,10-15H2/t18?,19-,20+. The Hall–Kier alpha value is -1.80. The summed E-state index contributed by atoms with van der Waals surface area (Å²) in [5, 5.41) is 9.35. The van der Waals surface area contributed by atoms with Gasteiger partial charge in [0.05, 0.1) is 0 Å². The number of phenols is 1. The lowest BCUT2D eigenvalue weighted by atomic mass is 9.96. The van der Waals surface area contributed by atoms with Crippen LogP contribution in [0.2, 0.25) is 0 Å². The van der Waals surface area contributed by atoms with E-state index in [-0.39, 0.29) is 0 Å². The highest BCUT2D eigenvalue weighted by molar-refractivity contribution is 5.26. The maximum Gasteiger partial charge on any atom is 0.115 e. The normalized spacial score (nSPS) is 27.2. The average molecular weight is 307 g/mol. The molecule has 120 valence electrons. The van der Waals surface area contributed by atoms with Crippen LogP contribution in [0.15, 0.2) is 54.6 Å². The molecule has 1 aliphatic carbocycles. The predicted octanol–water partition coefficient (Wildman–Crippen LogP) is 4.06. The van der Waals surface area contributed by atoms with Gasteiger partial charge in [-0.05, 0) is 60.3 Å². The van der Waals surface area contributed by atoms with Crippen LogP contribution in [0.5, 0.6) is 5.75 Å². The zero-order chi connectivity index (χ0) is 15.6. The van der Waals surface area contributed by atoms with E-state index in [0.717, 1.165) is 30.7 Å². The van der Waals surface area contributed by atoms with Crippen LogP contribution in [0, 0.1) is 11.8 Å². The second-order valence-electron chi connectivity index (χ2n) is 7.28. The summed E-state index contributed by atoms with van der Waals surface area (Å²) >= 11 is 0. The third-order valence-electron chi connectivity index (χ3n) is 5.75. The van der Waals surface area contributed by atoms with Crippen LogP contribution in [0.25, 0.3) is 0 Å². The van der Waals surface area contributed by atoms with Crippen LogP contribution in [-0.4, -0.2) is 29.6 Å². The summed E-state index contributed by atoms with van der Waals surface area (Å²) < 4.78 is 0. The van der Waals surface area contributed by atoms with Gasteiger partial charge in [-0.1, -0.05) is 42.5 Å². The predicted molar refractivity (Wildman–Crippen MR) is 93.6 cm³/mol. The number of fused-ring (bicyclic) bond motifs is 1. The molecular formula is C21H25NO. The van der Waals surface area contributed by atoms with Gasteiger partial charge < -0.3 is 10.0 Å². The minimum absolute atomic E-state index is 0.358. The van der Waals surface area contributed by atoms with E-state index in [9.17, 15) is 5.11 Å². The maximum absolute atomic E-state index is 9.35. The molecule has 1 heterocycles. The van der Waals surface area contributed by atoms with Crippen LogP contribution >= 0.6 is 0 Å². The van der Waals surface area contributed by atoms with Crippen LogP contribution in [0.4, 0.5) is 0 Å². The van der Waals surface area contributed by atoms with Gasteiger partial charge in [0.15, 0.2) is 0 Å². The summed E-state index contributed by atoms with van der Waals surface area (Å²) in [6.45, 7) is 3.69. The van der Waals surface area contributed by atoms with Crippen molar-refractivity contribution in [3.05, 3.63) is 65.7 Å². The van der Waals surface area contributed by atoms with E-state index in [2.05, 4.69) is 35.2 Å². The van der Waals surface area contributed by atoms with E-state index in [0.29, 0.717) is 5.75 Å². The van der Waals surface area contributed by atoms with Crippen molar-refractivity contribution in [2.24, 2.45) is 11.8 Å². The average Bonchev–Trinajstić information content (AvgIpc) is 3.14. The molecule has 0 radical (unpaired) electrons. The van der Waals surface area contributed by atoms with Crippen molar-refractivity contribution in [3.8, 4) is 5.75 Å². The molecule has 0 bridgehead atoms. The molecule has 0 aromatic heterocycles. The van der Waals surface area contributed by atoms with Crippen LogP contribution in [0.1, 0.15) is 29.9 Å². The quantitative estimate of drug-likeness (QED) is 0.921. The SMILES string of the molecule is Oc1ccc(CCN2C[C@H]3CC(c4ccccc4)C[C@H]3C2)cc1. The largest absolute Gasteiger partial charge is 0.508 e. The summed E-state index contributed by atoms with van der Waals surface area (Å²) in [5.41, 5.74) is 2.86. The summed E-state index contributed by atoms with van der Waals surface area (Å²) in [6, 6.07) is 18.7. The van der Waals surface area contributed by atoms with Crippen molar-refractivity contribution in [3.63, 3.8) is 0 Å². The van der Waals surface area contributed by atoms with Crippen LogP contribution in [0.3, 0.4) is 0 Å². The first kappa shape index (κ1) is 14.8. The van der Waals surface area contributed by atoms with Crippen molar-refractivity contribution in [1.82, 2.24) is 4.90 Å². The molecule has 2 heteroatoms. The molecule has 0 spiro atoms. The molecule has 2 fully saturated rings. The van der Waals surface area contributed by atoms with Crippen molar-refractivity contribution in [2.75, 3.05) is 19.6 Å². The molecule has 1 N–H and O–H groups in total. The van der Waals surface area contributed by atoms with E-state index in [1.807, 2.05) is 12.1 Å². The van der Waals surface area contributed by atoms with E-state index in [1.165, 1.54) is 37.1 Å². The number of likely N-dealkylation sites (tertiary alicyclic amines) is 1. The summed E-state index contributed by atoms with van der Waals surface area (Å²) in [4.78, 5) is 2.64. The van der Waals surface area contributed by atoms with Crippen molar-refractivity contribution in [1.29, 1.82) is 0 Å². The first-order valence-electron chi connectivity index (χ1n) is 8.83. The Morgan fingerprint density at radius 2 is 1.52 bits per heavy atom. The van der Waals surface area contributed by atoms with Gasteiger partial charge >= 0.3 is 0 Å². The zero-order valence-corrected chi connectivity index (χ0v) is 13.6. The van der Waals surface area contributed by atoms with Crippen LogP contribution < -0.4 is 0 Å². The van der Waals surface area contributed by atoms with Gasteiger partial charge in [-0.3, -0.25) is 0 Å². The molecule has 4 rings (SSSR count). The Labute approximate surface area is 138 Å². The Balaban J connectivity index is 1.29. The lowest BCUT2D eigenvalue weighted by molar-refractivity contribution is 0.311. The third-order valence-corrected chi connectivity index (χ3v) is 5.75. The Morgan fingerprint density at radius 3 is 2.17 bits per heavy atom. The first-order valence-corrected chi connectivity index (χ1v) is 8.83. The number of phenolic OH excluding ortho intramolecular Hbond substituents is 1. The van der Waals surface area contributed by atoms with Gasteiger partial charge in [0.2, 0.25) is 0 Å². The van der Waals surface area contributed by atoms with E-state index >= 15 is 0 Å². The second kappa shape index (κ2) is 6.37. The molecule has 23 heavy (non-hydrogen) atoms. The summed E-state index contributed by atoms with van der Waals surface area (Å²) in [5.74, 6) is 2.92. The molecule has 2 aromatic rings. The molecule has 2 aromatic carbocycles. The van der Waals surface area contributed by atoms with E-state index in [1.54, 1.807) is 12.1 Å². The minimum atomic E-state index is 0.358. The van der Waals surface area contributed by atoms with E-state index in [4.69, 9.17) is 0 Å². The number of benzene rings is 2. The maximum atomic E-state index is 9.35. The molecule has 1 unspecified atom stereocenters. The fourth-order valence-electron chi connectivity index (χ4n) is 4.53. The van der Waals surface area contributed by atoms with Gasteiger partial charge in [-0.2, -0.15) is 0 Å². The third kappa shape index (κ3) is 3.28. The number of rotatable bonds is 4. The van der Waals surface area contributed by atoms with Crippen LogP contribution in [-0.2, 0) is 6.42 Å². The topological polar surface area (TPSA) is 23.5 Å². The first-order chi connectivity index (χ1) is 11.3. The zero-order valence-electron chi connectivity index (χ0n) is 13.6. The second-order valence-corrected chi connectivity index (χ2v) is 7.28. The summed E-state index contributed by atoms with van der Waals surface area (Å²) in [7, 11) is 0. The van der Waals surface area contributed by atoms with Gasteiger partial charge in [0.1, 0.15) is 5.75 Å². The lowest BCUT2D eigenvalue weighted by Crippen LogP contribution is -2.24. The minimum Gasteiger partial charge on any atom is -0.508 e. The summed E-state index contributed by atoms with van der Waals surface area (Å²) in [6.07, 6.45) is 3.82. The van der Waals surface area contributed by atoms with Gasteiger partial charge in [-0.25, -0.2) is 0 Å². The smallest absolute Gasteiger partial charge is 0.115 e. The lowest BCUT2D eigenvalue weighted by Gasteiger charge is -2.19. The molecule has 2 aliphatic rings. The van der Waals surface area contributed by atoms with E-state index < -0.39 is 0 Å². The Bertz CT molecular complexity index is 623. The molecule has 1 aliphatic heterocycles. The fourth-order valence-corrected chi connectivity index (χ4v) is 4.53.